The monoisotopic (exact) mass is 237 g/mol. The van der Waals surface area contributed by atoms with Crippen molar-refractivity contribution in [1.82, 2.24) is 15.3 Å². The number of rotatable bonds is 5. The van der Waals surface area contributed by atoms with Gasteiger partial charge in [-0.15, -0.1) is 0 Å². The summed E-state index contributed by atoms with van der Waals surface area (Å²) in [6.45, 7) is 4.66. The van der Waals surface area contributed by atoms with Crippen molar-refractivity contribution in [2.75, 3.05) is 19.7 Å². The molecule has 0 aliphatic carbocycles. The Bertz CT molecular complexity index is 340. The zero-order chi connectivity index (χ0) is 11.9. The predicted octanol–water partition coefficient (Wildman–Crippen LogP) is 1.40. The summed E-state index contributed by atoms with van der Waals surface area (Å²) in [5.74, 6) is 1.08. The van der Waals surface area contributed by atoms with Crippen molar-refractivity contribution in [3.8, 4) is 11.8 Å². The Balaban J connectivity index is 1.90. The first kappa shape index (κ1) is 12.1. The fourth-order valence-electron chi connectivity index (χ4n) is 1.76. The summed E-state index contributed by atoms with van der Waals surface area (Å²) in [5, 5.41) is 3.30. The third-order valence-electron chi connectivity index (χ3n) is 2.58. The van der Waals surface area contributed by atoms with E-state index in [0.29, 0.717) is 18.4 Å². The van der Waals surface area contributed by atoms with Crippen molar-refractivity contribution in [2.24, 2.45) is 0 Å². The topological polar surface area (TPSA) is 56.3 Å². The van der Waals surface area contributed by atoms with E-state index >= 15 is 0 Å². The van der Waals surface area contributed by atoms with Gasteiger partial charge in [0.2, 0.25) is 11.8 Å². The number of piperidine rings is 1. The van der Waals surface area contributed by atoms with Crippen LogP contribution in [-0.2, 0) is 0 Å². The van der Waals surface area contributed by atoms with Crippen LogP contribution in [0, 0.1) is 0 Å². The molecule has 1 N–H and O–H groups in total. The maximum atomic E-state index is 5.76. The number of nitrogens with one attached hydrogen (secondary N) is 1. The van der Waals surface area contributed by atoms with Crippen LogP contribution in [0.5, 0.6) is 11.8 Å². The van der Waals surface area contributed by atoms with Crippen LogP contribution < -0.4 is 14.8 Å². The van der Waals surface area contributed by atoms with Crippen molar-refractivity contribution in [3.05, 3.63) is 12.4 Å². The molecular formula is C12H19N3O2. The van der Waals surface area contributed by atoms with Crippen molar-refractivity contribution in [1.29, 1.82) is 0 Å². The number of hydrogen-bond donors (Lipinski definition) is 1. The molecule has 0 spiro atoms. The Hall–Kier alpha value is -1.36. The first-order valence-electron chi connectivity index (χ1n) is 6.20. The molecule has 1 aromatic heterocycles. The van der Waals surface area contributed by atoms with Crippen LogP contribution in [-0.4, -0.2) is 35.8 Å². The van der Waals surface area contributed by atoms with Gasteiger partial charge >= 0.3 is 0 Å². The molecule has 17 heavy (non-hydrogen) atoms. The molecule has 0 amide bonds. The highest BCUT2D eigenvalue weighted by Crippen LogP contribution is 2.15. The van der Waals surface area contributed by atoms with Gasteiger partial charge in [0.05, 0.1) is 19.0 Å². The van der Waals surface area contributed by atoms with Gasteiger partial charge in [0.15, 0.2) is 0 Å². The van der Waals surface area contributed by atoms with E-state index in [1.165, 1.54) is 0 Å². The van der Waals surface area contributed by atoms with Gasteiger partial charge in [0.1, 0.15) is 6.10 Å². The third kappa shape index (κ3) is 3.85. The highest BCUT2D eigenvalue weighted by Gasteiger charge is 2.15. The minimum Gasteiger partial charge on any atom is -0.477 e. The molecule has 1 fully saturated rings. The van der Waals surface area contributed by atoms with Gasteiger partial charge in [0, 0.05) is 6.54 Å². The van der Waals surface area contributed by atoms with Gasteiger partial charge in [-0.25, -0.2) is 0 Å². The molecule has 0 unspecified atom stereocenters. The van der Waals surface area contributed by atoms with Crippen LogP contribution in [0.3, 0.4) is 0 Å². The van der Waals surface area contributed by atoms with Crippen LogP contribution in [0.25, 0.3) is 0 Å². The first-order valence-corrected chi connectivity index (χ1v) is 6.20. The van der Waals surface area contributed by atoms with Gasteiger partial charge in [-0.3, -0.25) is 4.98 Å². The summed E-state index contributed by atoms with van der Waals surface area (Å²) in [5.41, 5.74) is 0. The second-order valence-electron chi connectivity index (χ2n) is 4.13. The molecule has 1 aliphatic rings. The van der Waals surface area contributed by atoms with Crippen LogP contribution in [0.15, 0.2) is 12.4 Å². The average molecular weight is 237 g/mol. The summed E-state index contributed by atoms with van der Waals surface area (Å²) < 4.78 is 11.2. The molecule has 2 heterocycles. The second kappa shape index (κ2) is 6.39. The van der Waals surface area contributed by atoms with Crippen LogP contribution in [0.4, 0.5) is 0 Å². The lowest BCUT2D eigenvalue weighted by Crippen LogP contribution is -2.37. The molecule has 1 aromatic rings. The maximum absolute atomic E-state index is 5.76. The van der Waals surface area contributed by atoms with E-state index in [2.05, 4.69) is 22.2 Å². The number of ether oxygens (including phenoxy) is 2. The smallest absolute Gasteiger partial charge is 0.235 e. The van der Waals surface area contributed by atoms with Crippen molar-refractivity contribution >= 4 is 0 Å². The summed E-state index contributed by atoms with van der Waals surface area (Å²) in [6, 6.07) is 0. The van der Waals surface area contributed by atoms with E-state index in [4.69, 9.17) is 9.47 Å². The molecule has 0 radical (unpaired) electrons. The summed E-state index contributed by atoms with van der Waals surface area (Å²) in [4.78, 5) is 8.34. The van der Waals surface area contributed by atoms with E-state index in [-0.39, 0.29) is 6.10 Å². The minimum absolute atomic E-state index is 0.194. The Morgan fingerprint density at radius 2 is 2.29 bits per heavy atom. The van der Waals surface area contributed by atoms with E-state index in [1.54, 1.807) is 12.4 Å². The fraction of sp³-hybridized carbons (Fsp3) is 0.667. The van der Waals surface area contributed by atoms with E-state index in [0.717, 1.165) is 32.4 Å². The number of aromatic nitrogens is 2. The third-order valence-corrected chi connectivity index (χ3v) is 2.58. The van der Waals surface area contributed by atoms with Crippen molar-refractivity contribution in [2.45, 2.75) is 32.3 Å². The number of nitrogens with zero attached hydrogens (tertiary/aromatic N) is 2. The Morgan fingerprint density at radius 3 is 3.06 bits per heavy atom. The molecule has 1 saturated heterocycles. The molecule has 0 bridgehead atoms. The minimum atomic E-state index is 0.194. The van der Waals surface area contributed by atoms with Gasteiger partial charge in [-0.2, -0.15) is 4.98 Å². The summed E-state index contributed by atoms with van der Waals surface area (Å²) >= 11 is 0. The first-order chi connectivity index (χ1) is 8.38. The largest absolute Gasteiger partial charge is 0.477 e. The SMILES string of the molecule is CCCOc1cncc(O[C@H]2CCCNC2)n1. The molecule has 0 saturated carbocycles. The molecule has 1 aliphatic heterocycles. The van der Waals surface area contributed by atoms with Crippen LogP contribution in [0.1, 0.15) is 26.2 Å². The van der Waals surface area contributed by atoms with Crippen LogP contribution in [0.2, 0.25) is 0 Å². The average Bonchev–Trinajstić information content (AvgIpc) is 2.38. The summed E-state index contributed by atoms with van der Waals surface area (Å²) in [7, 11) is 0. The van der Waals surface area contributed by atoms with Crippen LogP contribution >= 0.6 is 0 Å². The Labute approximate surface area is 102 Å². The molecule has 94 valence electrons. The van der Waals surface area contributed by atoms with Gasteiger partial charge in [-0.1, -0.05) is 6.92 Å². The van der Waals surface area contributed by atoms with Crippen molar-refractivity contribution in [3.63, 3.8) is 0 Å². The van der Waals surface area contributed by atoms with E-state index in [1.807, 2.05) is 0 Å². The quantitative estimate of drug-likeness (QED) is 0.838. The van der Waals surface area contributed by atoms with Gasteiger partial charge in [-0.05, 0) is 25.8 Å². The zero-order valence-electron chi connectivity index (χ0n) is 10.2. The molecule has 2 rings (SSSR count). The Morgan fingerprint density at radius 1 is 1.41 bits per heavy atom. The Kier molecular flexibility index (Phi) is 4.55. The molecule has 0 aromatic carbocycles. The summed E-state index contributed by atoms with van der Waals surface area (Å²) in [6.07, 6.45) is 6.60. The maximum Gasteiger partial charge on any atom is 0.235 e. The molecular weight excluding hydrogens is 218 g/mol. The highest BCUT2D eigenvalue weighted by atomic mass is 16.5. The fourth-order valence-corrected chi connectivity index (χ4v) is 1.76. The normalized spacial score (nSPS) is 19.9. The molecule has 1 atom stereocenters. The molecule has 5 nitrogen and oxygen atoms in total. The zero-order valence-corrected chi connectivity index (χ0v) is 10.2. The van der Waals surface area contributed by atoms with Gasteiger partial charge < -0.3 is 14.8 Å². The lowest BCUT2D eigenvalue weighted by atomic mass is 10.1. The lowest BCUT2D eigenvalue weighted by Gasteiger charge is -2.23. The van der Waals surface area contributed by atoms with E-state index in [9.17, 15) is 0 Å². The standard InChI is InChI=1S/C12H19N3O2/c1-2-6-16-11-8-14-9-12(15-11)17-10-4-3-5-13-7-10/h8-10,13H,2-7H2,1H3/t10-/m0/s1. The molecule has 5 heteroatoms. The number of hydrogen-bond acceptors (Lipinski definition) is 5. The second-order valence-corrected chi connectivity index (χ2v) is 4.13. The van der Waals surface area contributed by atoms with Gasteiger partial charge in [0.25, 0.3) is 0 Å². The highest BCUT2D eigenvalue weighted by molar-refractivity contribution is 5.13. The lowest BCUT2D eigenvalue weighted by molar-refractivity contribution is 0.157. The predicted molar refractivity (Wildman–Crippen MR) is 64.3 cm³/mol. The van der Waals surface area contributed by atoms with E-state index < -0.39 is 0 Å². The van der Waals surface area contributed by atoms with Crippen molar-refractivity contribution < 1.29 is 9.47 Å².